The Labute approximate surface area is 328 Å². The van der Waals surface area contributed by atoms with Gasteiger partial charge in [-0.1, -0.05) is 64.8 Å². The van der Waals surface area contributed by atoms with E-state index in [9.17, 15) is 18.0 Å². The van der Waals surface area contributed by atoms with Crippen LogP contribution in [-0.4, -0.2) is 47.8 Å². The molecule has 15 heteroatoms. The standard InChI is InChI=1S/C40H36Cl2N6O6S/c1-24(2)53-40(50)47(21-31-18-26(4)54-44-31)32-12-9-29(10-13-32)28-7-5-27(6-8-28)19-38-43-36(34-15-11-30(41)20-35(34)42)22-46(38)33-14-16-37(25(3)17-33)48-23-39(49)45-55(48,51)52/h5-18,20,22,24H,19,21,23H2,1-4H3,(H,45,49). The number of imidazole rings is 1. The van der Waals surface area contributed by atoms with Gasteiger partial charge in [-0.25, -0.2) is 18.8 Å². The minimum atomic E-state index is -3.96. The molecular formula is C40H36Cl2N6O6S. The summed E-state index contributed by atoms with van der Waals surface area (Å²) in [4.78, 5) is 31.5. The van der Waals surface area contributed by atoms with Gasteiger partial charge in [0.2, 0.25) is 0 Å². The molecular weight excluding hydrogens is 763 g/mol. The third-order valence-corrected chi connectivity index (χ3v) is 10.9. The van der Waals surface area contributed by atoms with Gasteiger partial charge in [-0.05, 0) is 98.5 Å². The Morgan fingerprint density at radius 3 is 2.27 bits per heavy atom. The predicted molar refractivity (Wildman–Crippen MR) is 212 cm³/mol. The number of anilines is 2. The van der Waals surface area contributed by atoms with Gasteiger partial charge in [0, 0.05) is 40.6 Å². The Morgan fingerprint density at radius 2 is 1.67 bits per heavy atom. The van der Waals surface area contributed by atoms with Crippen LogP contribution in [0.3, 0.4) is 0 Å². The lowest BCUT2D eigenvalue weighted by Crippen LogP contribution is -2.32. The second-order valence-electron chi connectivity index (χ2n) is 13.4. The smallest absolute Gasteiger partial charge is 0.414 e. The largest absolute Gasteiger partial charge is 0.446 e. The third kappa shape index (κ3) is 8.24. The fourth-order valence-corrected chi connectivity index (χ4v) is 8.06. The molecule has 0 aliphatic carbocycles. The number of benzene rings is 4. The van der Waals surface area contributed by atoms with E-state index in [0.29, 0.717) is 61.9 Å². The van der Waals surface area contributed by atoms with E-state index in [2.05, 4.69) is 5.16 Å². The molecule has 0 radical (unpaired) electrons. The van der Waals surface area contributed by atoms with Crippen LogP contribution in [0.1, 0.15) is 42.3 Å². The molecule has 0 saturated carbocycles. The quantitative estimate of drug-likeness (QED) is 0.146. The Kier molecular flexibility index (Phi) is 10.4. The van der Waals surface area contributed by atoms with Crippen LogP contribution >= 0.6 is 23.2 Å². The molecule has 0 atom stereocenters. The Morgan fingerprint density at radius 1 is 0.964 bits per heavy atom. The molecule has 1 N–H and O–H groups in total. The van der Waals surface area contributed by atoms with Gasteiger partial charge in [0.15, 0.2) is 0 Å². The van der Waals surface area contributed by atoms with Gasteiger partial charge in [-0.3, -0.25) is 9.69 Å². The van der Waals surface area contributed by atoms with E-state index in [0.717, 1.165) is 26.7 Å². The maximum absolute atomic E-state index is 13.0. The number of hydrogen-bond donors (Lipinski definition) is 1. The van der Waals surface area contributed by atoms with Crippen molar-refractivity contribution >= 4 is 56.8 Å². The van der Waals surface area contributed by atoms with Crippen molar-refractivity contribution in [3.05, 3.63) is 136 Å². The third-order valence-electron chi connectivity index (χ3n) is 8.92. The van der Waals surface area contributed by atoms with Crippen LogP contribution < -0.4 is 13.9 Å². The van der Waals surface area contributed by atoms with Crippen molar-refractivity contribution in [2.75, 3.05) is 15.7 Å². The van der Waals surface area contributed by atoms with Crippen molar-refractivity contribution in [3.8, 4) is 28.1 Å². The predicted octanol–water partition coefficient (Wildman–Crippen LogP) is 8.44. The highest BCUT2D eigenvalue weighted by Gasteiger charge is 2.35. The van der Waals surface area contributed by atoms with E-state index in [4.69, 9.17) is 37.4 Å². The zero-order valence-electron chi connectivity index (χ0n) is 30.3. The zero-order chi connectivity index (χ0) is 39.0. The maximum Gasteiger partial charge on any atom is 0.414 e. The summed E-state index contributed by atoms with van der Waals surface area (Å²) in [5, 5.41) is 5.01. The number of amides is 2. The zero-order valence-corrected chi connectivity index (χ0v) is 32.6. The van der Waals surface area contributed by atoms with Crippen LogP contribution in [0.5, 0.6) is 0 Å². The van der Waals surface area contributed by atoms with Crippen molar-refractivity contribution in [2.24, 2.45) is 0 Å². The first-order valence-electron chi connectivity index (χ1n) is 17.3. The van der Waals surface area contributed by atoms with Crippen LogP contribution in [-0.2, 0) is 32.7 Å². The van der Waals surface area contributed by atoms with Crippen molar-refractivity contribution in [1.29, 1.82) is 0 Å². The Bertz CT molecular complexity index is 2520. The van der Waals surface area contributed by atoms with E-state index in [-0.39, 0.29) is 19.2 Å². The summed E-state index contributed by atoms with van der Waals surface area (Å²) in [6.45, 7) is 7.11. The first kappa shape index (κ1) is 37.7. The molecule has 1 aliphatic heterocycles. The van der Waals surface area contributed by atoms with Gasteiger partial charge in [0.25, 0.3) is 5.91 Å². The first-order chi connectivity index (χ1) is 26.2. The van der Waals surface area contributed by atoms with Gasteiger partial charge in [0.05, 0.1) is 29.1 Å². The molecule has 282 valence electrons. The van der Waals surface area contributed by atoms with Crippen molar-refractivity contribution in [3.63, 3.8) is 0 Å². The van der Waals surface area contributed by atoms with Crippen molar-refractivity contribution < 1.29 is 27.3 Å². The van der Waals surface area contributed by atoms with Gasteiger partial charge in [-0.15, -0.1) is 0 Å². The van der Waals surface area contributed by atoms with Gasteiger partial charge in [-0.2, -0.15) is 8.42 Å². The molecule has 2 amide bonds. The average molecular weight is 800 g/mol. The Balaban J connectivity index is 1.16. The molecule has 1 saturated heterocycles. The lowest BCUT2D eigenvalue weighted by Gasteiger charge is -2.22. The van der Waals surface area contributed by atoms with Crippen LogP contribution in [0.25, 0.3) is 28.1 Å². The number of halogens is 2. The number of aromatic nitrogens is 3. The van der Waals surface area contributed by atoms with Crippen LogP contribution in [0.4, 0.5) is 16.2 Å². The molecule has 55 heavy (non-hydrogen) atoms. The highest BCUT2D eigenvalue weighted by molar-refractivity contribution is 7.92. The minimum absolute atomic E-state index is 0.196. The van der Waals surface area contributed by atoms with E-state index in [1.165, 1.54) is 4.90 Å². The SMILES string of the molecule is Cc1cc(CN(C(=O)OC(C)C)c2ccc(-c3ccc(Cc4nc(-c5ccc(Cl)cc5Cl)cn4-c4ccc(N5CC(=O)NS5(=O)=O)c(C)c4)cc3)cc2)no1. The molecule has 0 spiro atoms. The number of nitrogens with zero attached hydrogens (tertiary/aromatic N) is 5. The highest BCUT2D eigenvalue weighted by atomic mass is 35.5. The summed E-state index contributed by atoms with van der Waals surface area (Å²) in [6, 6.07) is 28.1. The molecule has 6 aromatic rings. The fraction of sp³-hybridized carbons (Fsp3) is 0.200. The second kappa shape index (κ2) is 15.2. The summed E-state index contributed by atoms with van der Waals surface area (Å²) in [5.74, 6) is 0.782. The van der Waals surface area contributed by atoms with E-state index < -0.39 is 22.2 Å². The van der Waals surface area contributed by atoms with E-state index in [1.54, 1.807) is 58.0 Å². The number of aryl methyl sites for hydroxylation is 2. The van der Waals surface area contributed by atoms with Crippen LogP contribution in [0.2, 0.25) is 10.0 Å². The normalized spacial score (nSPS) is 13.7. The van der Waals surface area contributed by atoms with Gasteiger partial charge in [0.1, 0.15) is 23.8 Å². The molecule has 3 heterocycles. The second-order valence-corrected chi connectivity index (χ2v) is 15.9. The summed E-state index contributed by atoms with van der Waals surface area (Å²) < 4.78 is 40.9. The summed E-state index contributed by atoms with van der Waals surface area (Å²) >= 11 is 12.8. The number of nitrogens with one attached hydrogen (secondary N) is 1. The minimum Gasteiger partial charge on any atom is -0.446 e. The molecule has 2 aromatic heterocycles. The van der Waals surface area contributed by atoms with E-state index in [1.807, 2.05) is 76.1 Å². The van der Waals surface area contributed by atoms with Crippen molar-refractivity contribution in [2.45, 2.75) is 46.8 Å². The fourth-order valence-electron chi connectivity index (χ4n) is 6.34. The summed E-state index contributed by atoms with van der Waals surface area (Å²) in [6.07, 6.45) is 1.57. The summed E-state index contributed by atoms with van der Waals surface area (Å²) in [7, 11) is -3.96. The van der Waals surface area contributed by atoms with Crippen LogP contribution in [0, 0.1) is 13.8 Å². The topological polar surface area (TPSA) is 140 Å². The lowest BCUT2D eigenvalue weighted by atomic mass is 10.0. The summed E-state index contributed by atoms with van der Waals surface area (Å²) in [5.41, 5.74) is 7.35. The molecule has 1 aliphatic rings. The molecule has 7 rings (SSSR count). The van der Waals surface area contributed by atoms with Gasteiger partial charge < -0.3 is 13.8 Å². The van der Waals surface area contributed by atoms with Crippen LogP contribution in [0.15, 0.2) is 102 Å². The molecule has 0 bridgehead atoms. The number of ether oxygens (including phenoxy) is 1. The average Bonchev–Trinajstić information content (AvgIpc) is 3.82. The van der Waals surface area contributed by atoms with E-state index >= 15 is 0 Å². The highest BCUT2D eigenvalue weighted by Crippen LogP contribution is 2.33. The van der Waals surface area contributed by atoms with Crippen molar-refractivity contribution in [1.82, 2.24) is 19.4 Å². The Hall–Kier alpha value is -5.63. The molecule has 0 unspecified atom stereocenters. The number of rotatable bonds is 10. The number of carbonyl (C=O) groups is 2. The molecule has 1 fully saturated rings. The maximum atomic E-state index is 13.0. The monoisotopic (exact) mass is 798 g/mol. The molecule has 4 aromatic carbocycles. The molecule has 12 nitrogen and oxygen atoms in total. The lowest BCUT2D eigenvalue weighted by molar-refractivity contribution is -0.117. The number of hydrogen-bond acceptors (Lipinski definition) is 8. The van der Waals surface area contributed by atoms with Gasteiger partial charge >= 0.3 is 16.3 Å². The number of carbonyl (C=O) groups excluding carboxylic acids is 2. The first-order valence-corrected chi connectivity index (χ1v) is 19.5.